The summed E-state index contributed by atoms with van der Waals surface area (Å²) in [6, 6.07) is 10.3. The zero-order chi connectivity index (χ0) is 20.0. The number of hydrogen-bond donors (Lipinski definition) is 2. The molecule has 0 fully saturated rings. The summed E-state index contributed by atoms with van der Waals surface area (Å²) in [6.45, 7) is 6.17. The first-order valence-corrected chi connectivity index (χ1v) is 8.82. The van der Waals surface area contributed by atoms with Gasteiger partial charge in [0.25, 0.3) is 0 Å². The van der Waals surface area contributed by atoms with Crippen LogP contribution in [0.5, 0.6) is 0 Å². The number of benzene rings is 2. The number of likely N-dealkylation sites (N-methyl/N-ethyl adjacent to an activating group) is 1. The molecule has 0 heterocycles. The van der Waals surface area contributed by atoms with Crippen LogP contribution in [0.25, 0.3) is 0 Å². The van der Waals surface area contributed by atoms with Crippen molar-refractivity contribution in [1.29, 1.82) is 0 Å². The van der Waals surface area contributed by atoms with Crippen molar-refractivity contribution in [3.8, 4) is 0 Å². The minimum Gasteiger partial charge on any atom is -0.351 e. The highest BCUT2D eigenvalue weighted by Gasteiger charge is 2.13. The maximum absolute atomic E-state index is 13.6. The molecule has 0 radical (unpaired) electrons. The van der Waals surface area contributed by atoms with E-state index in [1.165, 1.54) is 6.07 Å². The summed E-state index contributed by atoms with van der Waals surface area (Å²) in [4.78, 5) is 25.9. The average molecular weight is 371 g/mol. The molecule has 2 N–H and O–H groups in total. The molecule has 144 valence electrons. The average Bonchev–Trinajstić information content (AvgIpc) is 2.57. The maximum Gasteiger partial charge on any atom is 0.238 e. The molecule has 0 spiro atoms. The third-order valence-corrected chi connectivity index (χ3v) is 4.20. The fraction of sp³-hybridized carbons (Fsp3) is 0.333. The number of anilines is 1. The molecule has 2 rings (SSSR count). The van der Waals surface area contributed by atoms with Gasteiger partial charge < -0.3 is 10.6 Å². The quantitative estimate of drug-likeness (QED) is 0.787. The van der Waals surface area contributed by atoms with E-state index >= 15 is 0 Å². The molecule has 0 saturated heterocycles. The number of aryl methyl sites for hydroxylation is 3. The van der Waals surface area contributed by atoms with E-state index in [0.29, 0.717) is 5.56 Å². The largest absolute Gasteiger partial charge is 0.351 e. The standard InChI is InChI=1S/C21H26FN3O2/c1-14-9-15(2)21(16(3)10-14)24-20(27)13-25(4)12-19(26)23-11-17-7-5-6-8-18(17)22/h5-10H,11-13H2,1-4H3,(H,23,26)(H,24,27). The minimum absolute atomic E-state index is 0.0493. The van der Waals surface area contributed by atoms with E-state index in [9.17, 15) is 14.0 Å². The van der Waals surface area contributed by atoms with E-state index in [0.717, 1.165) is 22.4 Å². The van der Waals surface area contributed by atoms with Gasteiger partial charge in [0.1, 0.15) is 5.82 Å². The zero-order valence-electron chi connectivity index (χ0n) is 16.2. The molecule has 2 aromatic carbocycles. The number of carbonyl (C=O) groups excluding carboxylic acids is 2. The van der Waals surface area contributed by atoms with Gasteiger partial charge in [0, 0.05) is 17.8 Å². The van der Waals surface area contributed by atoms with Gasteiger partial charge in [-0.25, -0.2) is 4.39 Å². The van der Waals surface area contributed by atoms with Crippen molar-refractivity contribution in [1.82, 2.24) is 10.2 Å². The molecule has 2 aromatic rings. The fourth-order valence-electron chi connectivity index (χ4n) is 2.99. The van der Waals surface area contributed by atoms with Crippen LogP contribution in [0.2, 0.25) is 0 Å². The van der Waals surface area contributed by atoms with Crippen LogP contribution in [0.3, 0.4) is 0 Å². The normalized spacial score (nSPS) is 10.7. The topological polar surface area (TPSA) is 61.4 Å². The predicted octanol–water partition coefficient (Wildman–Crippen LogP) is 2.94. The molecular weight excluding hydrogens is 345 g/mol. The molecule has 27 heavy (non-hydrogen) atoms. The number of nitrogens with zero attached hydrogens (tertiary/aromatic N) is 1. The molecular formula is C21H26FN3O2. The smallest absolute Gasteiger partial charge is 0.238 e. The lowest BCUT2D eigenvalue weighted by Crippen LogP contribution is -2.38. The van der Waals surface area contributed by atoms with Crippen LogP contribution in [0.1, 0.15) is 22.3 Å². The summed E-state index contributed by atoms with van der Waals surface area (Å²) >= 11 is 0. The Morgan fingerprint density at radius 3 is 2.22 bits per heavy atom. The van der Waals surface area contributed by atoms with E-state index in [1.807, 2.05) is 32.9 Å². The van der Waals surface area contributed by atoms with Crippen LogP contribution in [-0.4, -0.2) is 36.9 Å². The summed E-state index contributed by atoms with van der Waals surface area (Å²) in [6.07, 6.45) is 0. The molecule has 0 bridgehead atoms. The third kappa shape index (κ3) is 6.18. The predicted molar refractivity (Wildman–Crippen MR) is 105 cm³/mol. The monoisotopic (exact) mass is 371 g/mol. The molecule has 5 nitrogen and oxygen atoms in total. The first-order valence-electron chi connectivity index (χ1n) is 8.82. The van der Waals surface area contributed by atoms with E-state index < -0.39 is 0 Å². The summed E-state index contributed by atoms with van der Waals surface area (Å²) < 4.78 is 13.6. The molecule has 0 aliphatic heterocycles. The van der Waals surface area contributed by atoms with Gasteiger partial charge in [-0.15, -0.1) is 0 Å². The van der Waals surface area contributed by atoms with Gasteiger partial charge in [-0.2, -0.15) is 0 Å². The van der Waals surface area contributed by atoms with Crippen molar-refractivity contribution in [2.24, 2.45) is 0 Å². The van der Waals surface area contributed by atoms with Crippen molar-refractivity contribution in [2.45, 2.75) is 27.3 Å². The number of nitrogens with one attached hydrogen (secondary N) is 2. The fourth-order valence-corrected chi connectivity index (χ4v) is 2.99. The molecule has 0 saturated carbocycles. The van der Waals surface area contributed by atoms with Crippen molar-refractivity contribution >= 4 is 17.5 Å². The lowest BCUT2D eigenvalue weighted by Gasteiger charge is -2.18. The molecule has 0 aliphatic rings. The highest BCUT2D eigenvalue weighted by atomic mass is 19.1. The number of amides is 2. The summed E-state index contributed by atoms with van der Waals surface area (Å²) in [5, 5.41) is 5.58. The van der Waals surface area contributed by atoms with Gasteiger partial charge in [0.2, 0.25) is 11.8 Å². The molecule has 6 heteroatoms. The van der Waals surface area contributed by atoms with Gasteiger partial charge >= 0.3 is 0 Å². The van der Waals surface area contributed by atoms with Crippen molar-refractivity contribution < 1.29 is 14.0 Å². The van der Waals surface area contributed by atoms with E-state index in [-0.39, 0.29) is 37.3 Å². The van der Waals surface area contributed by atoms with Crippen LogP contribution in [-0.2, 0) is 16.1 Å². The molecule has 0 unspecified atom stereocenters. The molecule has 0 aliphatic carbocycles. The Bertz CT molecular complexity index is 813. The van der Waals surface area contributed by atoms with Gasteiger partial charge in [-0.3, -0.25) is 14.5 Å². The number of hydrogen-bond acceptors (Lipinski definition) is 3. The van der Waals surface area contributed by atoms with E-state index in [4.69, 9.17) is 0 Å². The minimum atomic E-state index is -0.352. The summed E-state index contributed by atoms with van der Waals surface area (Å²) in [5.74, 6) is -0.805. The molecule has 0 atom stereocenters. The Labute approximate surface area is 159 Å². The second-order valence-corrected chi connectivity index (χ2v) is 6.86. The lowest BCUT2D eigenvalue weighted by atomic mass is 10.1. The Kier molecular flexibility index (Phi) is 7.07. The highest BCUT2D eigenvalue weighted by molar-refractivity contribution is 5.94. The molecule has 0 aromatic heterocycles. The van der Waals surface area contributed by atoms with Crippen LogP contribution in [0, 0.1) is 26.6 Å². The van der Waals surface area contributed by atoms with E-state index in [1.54, 1.807) is 30.1 Å². The Morgan fingerprint density at radius 2 is 1.59 bits per heavy atom. The van der Waals surface area contributed by atoms with Crippen molar-refractivity contribution in [2.75, 3.05) is 25.5 Å². The van der Waals surface area contributed by atoms with Gasteiger partial charge in [0.05, 0.1) is 13.1 Å². The lowest BCUT2D eigenvalue weighted by molar-refractivity contribution is -0.123. The number of halogens is 1. The maximum atomic E-state index is 13.6. The number of carbonyl (C=O) groups is 2. The Hall–Kier alpha value is -2.73. The highest BCUT2D eigenvalue weighted by Crippen LogP contribution is 2.21. The van der Waals surface area contributed by atoms with Crippen LogP contribution < -0.4 is 10.6 Å². The van der Waals surface area contributed by atoms with Gasteiger partial charge in [-0.05, 0) is 45.0 Å². The van der Waals surface area contributed by atoms with Crippen LogP contribution in [0.4, 0.5) is 10.1 Å². The Balaban J connectivity index is 1.82. The van der Waals surface area contributed by atoms with E-state index in [2.05, 4.69) is 10.6 Å². The summed E-state index contributed by atoms with van der Waals surface area (Å²) in [5.41, 5.74) is 4.39. The zero-order valence-corrected chi connectivity index (χ0v) is 16.2. The second kappa shape index (κ2) is 9.28. The van der Waals surface area contributed by atoms with Gasteiger partial charge in [-0.1, -0.05) is 35.9 Å². The van der Waals surface area contributed by atoms with Gasteiger partial charge in [0.15, 0.2) is 0 Å². The first kappa shape index (κ1) is 20.6. The van der Waals surface area contributed by atoms with Crippen LogP contribution >= 0.6 is 0 Å². The molecule has 2 amide bonds. The van der Waals surface area contributed by atoms with Crippen LogP contribution in [0.15, 0.2) is 36.4 Å². The van der Waals surface area contributed by atoms with Crippen molar-refractivity contribution in [3.05, 3.63) is 64.5 Å². The van der Waals surface area contributed by atoms with Crippen molar-refractivity contribution in [3.63, 3.8) is 0 Å². The third-order valence-electron chi connectivity index (χ3n) is 4.20. The Morgan fingerprint density at radius 1 is 1.00 bits per heavy atom. The SMILES string of the molecule is Cc1cc(C)c(NC(=O)CN(C)CC(=O)NCc2ccccc2F)c(C)c1. The number of rotatable bonds is 7. The second-order valence-electron chi connectivity index (χ2n) is 6.86. The first-order chi connectivity index (χ1) is 12.8. The summed E-state index contributed by atoms with van der Waals surface area (Å²) in [7, 11) is 1.69.